The van der Waals surface area contributed by atoms with Crippen LogP contribution in [0.15, 0.2) is 67.3 Å². The number of carbonyl (C=O) groups excluding carboxylic acids is 3. The second-order valence-electron chi connectivity index (χ2n) is 7.76. The Kier molecular flexibility index (Phi) is 9.25. The number of nitrogens with zero attached hydrogens (tertiary/aromatic N) is 1. The van der Waals surface area contributed by atoms with Gasteiger partial charge in [0.2, 0.25) is 11.0 Å². The van der Waals surface area contributed by atoms with E-state index in [1.54, 1.807) is 6.08 Å². The molecule has 184 valence electrons. The van der Waals surface area contributed by atoms with Crippen molar-refractivity contribution in [3.05, 3.63) is 77.7 Å². The van der Waals surface area contributed by atoms with Gasteiger partial charge in [0.15, 0.2) is 0 Å². The Bertz CT molecular complexity index is 1120. The van der Waals surface area contributed by atoms with Gasteiger partial charge in [0.05, 0.1) is 12.8 Å². The predicted molar refractivity (Wildman–Crippen MR) is 135 cm³/mol. The molecule has 0 aliphatic carbocycles. The van der Waals surface area contributed by atoms with E-state index in [1.165, 1.54) is 18.4 Å². The van der Waals surface area contributed by atoms with Gasteiger partial charge in [-0.05, 0) is 30.5 Å². The lowest BCUT2D eigenvalue weighted by atomic mass is 10.0. The molecule has 1 aliphatic heterocycles. The number of thiophene rings is 1. The van der Waals surface area contributed by atoms with E-state index >= 15 is 0 Å². The largest absolute Gasteiger partial charge is 0.514 e. The first-order valence-corrected chi connectivity index (χ1v) is 11.9. The van der Waals surface area contributed by atoms with Crippen molar-refractivity contribution < 1.29 is 28.6 Å². The minimum absolute atomic E-state index is 0.0974. The number of piperidine rings is 1. The number of hydrogen-bond donors (Lipinski definition) is 1. The third kappa shape index (κ3) is 7.31. The monoisotopic (exact) mass is 496 g/mol. The molecule has 1 aromatic carbocycles. The van der Waals surface area contributed by atoms with Crippen molar-refractivity contribution in [2.45, 2.75) is 32.4 Å². The summed E-state index contributed by atoms with van der Waals surface area (Å²) in [6, 6.07) is 10.9. The van der Waals surface area contributed by atoms with Gasteiger partial charge in [0, 0.05) is 23.9 Å². The minimum Gasteiger partial charge on any atom is -0.444 e. The number of benzene rings is 1. The van der Waals surface area contributed by atoms with E-state index in [4.69, 9.17) is 9.47 Å². The Morgan fingerprint density at radius 1 is 1.26 bits per heavy atom. The number of nitrogens with one attached hydrogen (secondary N) is 1. The SMILES string of the molecule is C=CC=CC=C(C)c1cc(NC2CCN(C(=O)OCc3ccccc3)C(=O)C2)c(OC(=O)OC)s1. The maximum atomic E-state index is 12.7. The van der Waals surface area contributed by atoms with E-state index in [1.807, 2.05) is 61.5 Å². The first-order chi connectivity index (χ1) is 16.9. The van der Waals surface area contributed by atoms with Crippen LogP contribution in [0.2, 0.25) is 0 Å². The van der Waals surface area contributed by atoms with Crippen molar-refractivity contribution in [1.82, 2.24) is 4.90 Å². The number of ether oxygens (including phenoxy) is 3. The summed E-state index contributed by atoms with van der Waals surface area (Å²) in [6.45, 7) is 5.91. The Balaban J connectivity index is 1.65. The number of amides is 2. The average molecular weight is 497 g/mol. The van der Waals surface area contributed by atoms with Crippen molar-refractivity contribution in [2.75, 3.05) is 19.0 Å². The molecule has 1 aliphatic rings. The van der Waals surface area contributed by atoms with Crippen LogP contribution in [0, 0.1) is 0 Å². The van der Waals surface area contributed by atoms with Crippen molar-refractivity contribution in [3.8, 4) is 5.06 Å². The zero-order chi connectivity index (χ0) is 25.2. The van der Waals surface area contributed by atoms with Crippen LogP contribution in [-0.4, -0.2) is 42.8 Å². The van der Waals surface area contributed by atoms with Crippen LogP contribution >= 0.6 is 11.3 Å². The van der Waals surface area contributed by atoms with Gasteiger partial charge in [-0.25, -0.2) is 14.5 Å². The molecular formula is C26H28N2O6S. The van der Waals surface area contributed by atoms with Crippen molar-refractivity contribution in [3.63, 3.8) is 0 Å². The van der Waals surface area contributed by atoms with Gasteiger partial charge in [-0.1, -0.05) is 72.6 Å². The zero-order valence-corrected chi connectivity index (χ0v) is 20.5. The van der Waals surface area contributed by atoms with Gasteiger partial charge in [-0.15, -0.1) is 0 Å². The molecule has 1 unspecified atom stereocenters. The summed E-state index contributed by atoms with van der Waals surface area (Å²) in [4.78, 5) is 38.8. The molecule has 1 aromatic heterocycles. The smallest absolute Gasteiger partial charge is 0.444 e. The normalized spacial score (nSPS) is 16.2. The number of carbonyl (C=O) groups is 3. The fraction of sp³-hybridized carbons (Fsp3) is 0.269. The second-order valence-corrected chi connectivity index (χ2v) is 8.77. The number of allylic oxidation sites excluding steroid dienone is 5. The van der Waals surface area contributed by atoms with Crippen LogP contribution in [0.3, 0.4) is 0 Å². The molecule has 35 heavy (non-hydrogen) atoms. The maximum Gasteiger partial charge on any atom is 0.514 e. The summed E-state index contributed by atoms with van der Waals surface area (Å²) < 4.78 is 15.2. The quantitative estimate of drug-likeness (QED) is 0.366. The summed E-state index contributed by atoms with van der Waals surface area (Å²) in [6.07, 6.45) is 6.40. The number of hydrogen-bond acceptors (Lipinski definition) is 8. The molecule has 1 atom stereocenters. The summed E-state index contributed by atoms with van der Waals surface area (Å²) in [5.41, 5.74) is 2.39. The molecule has 1 N–H and O–H groups in total. The highest BCUT2D eigenvalue weighted by molar-refractivity contribution is 7.15. The lowest BCUT2D eigenvalue weighted by Gasteiger charge is -2.30. The van der Waals surface area contributed by atoms with E-state index < -0.39 is 12.2 Å². The summed E-state index contributed by atoms with van der Waals surface area (Å²) >= 11 is 1.29. The third-order valence-corrected chi connectivity index (χ3v) is 6.38. The van der Waals surface area contributed by atoms with E-state index in [2.05, 4.69) is 16.6 Å². The van der Waals surface area contributed by atoms with Crippen LogP contribution in [0.4, 0.5) is 15.3 Å². The highest BCUT2D eigenvalue weighted by Gasteiger charge is 2.32. The minimum atomic E-state index is -0.832. The number of imide groups is 1. The van der Waals surface area contributed by atoms with Gasteiger partial charge in [0.25, 0.3) is 0 Å². The van der Waals surface area contributed by atoms with Crippen molar-refractivity contribution in [1.29, 1.82) is 0 Å². The van der Waals surface area contributed by atoms with Crippen LogP contribution in [0.5, 0.6) is 5.06 Å². The molecule has 9 heteroatoms. The number of rotatable bonds is 8. The first kappa shape index (κ1) is 25.8. The number of methoxy groups -OCH3 is 1. The van der Waals surface area contributed by atoms with Gasteiger partial charge in [-0.2, -0.15) is 0 Å². The standard InChI is InChI=1S/C26H28N2O6S/c1-4-5-7-10-18(2)22-16-21(24(35-22)34-26(31)32-3)27-20-13-14-28(23(29)15-20)25(30)33-17-19-11-8-6-9-12-19/h4-12,16,20,27H,1,13-15,17H2,2-3H3. The van der Waals surface area contributed by atoms with Crippen LogP contribution < -0.4 is 10.1 Å². The molecule has 1 fully saturated rings. The fourth-order valence-corrected chi connectivity index (χ4v) is 4.33. The Morgan fingerprint density at radius 3 is 2.71 bits per heavy atom. The van der Waals surface area contributed by atoms with Gasteiger partial charge in [-0.3, -0.25) is 4.79 Å². The van der Waals surface area contributed by atoms with E-state index in [0.29, 0.717) is 17.2 Å². The van der Waals surface area contributed by atoms with Crippen LogP contribution in [0.1, 0.15) is 30.2 Å². The van der Waals surface area contributed by atoms with Gasteiger partial charge < -0.3 is 19.5 Å². The summed E-state index contributed by atoms with van der Waals surface area (Å²) in [5.74, 6) is -0.330. The molecule has 8 nitrogen and oxygen atoms in total. The molecular weight excluding hydrogens is 468 g/mol. The highest BCUT2D eigenvalue weighted by atomic mass is 32.1. The Labute approximate surface area is 208 Å². The van der Waals surface area contributed by atoms with Crippen LogP contribution in [0.25, 0.3) is 5.57 Å². The molecule has 2 heterocycles. The molecule has 2 aromatic rings. The third-order valence-electron chi connectivity index (χ3n) is 5.23. The zero-order valence-electron chi connectivity index (χ0n) is 19.7. The fourth-order valence-electron chi connectivity index (χ4n) is 3.39. The molecule has 1 saturated heterocycles. The van der Waals surface area contributed by atoms with Crippen LogP contribution in [-0.2, 0) is 20.9 Å². The topological polar surface area (TPSA) is 94.2 Å². The highest BCUT2D eigenvalue weighted by Crippen LogP contribution is 2.40. The molecule has 3 rings (SSSR count). The molecule has 0 radical (unpaired) electrons. The maximum absolute atomic E-state index is 12.7. The van der Waals surface area contributed by atoms with Crippen molar-refractivity contribution >= 4 is 40.8 Å². The summed E-state index contributed by atoms with van der Waals surface area (Å²) in [7, 11) is 1.24. The van der Waals surface area contributed by atoms with Crippen molar-refractivity contribution in [2.24, 2.45) is 0 Å². The molecule has 0 bridgehead atoms. The molecule has 0 saturated carbocycles. The van der Waals surface area contributed by atoms with E-state index in [0.717, 1.165) is 20.9 Å². The second kappa shape index (κ2) is 12.6. The van der Waals surface area contributed by atoms with Gasteiger partial charge in [0.1, 0.15) is 6.61 Å². The van der Waals surface area contributed by atoms with E-state index in [-0.39, 0.29) is 31.5 Å². The Morgan fingerprint density at radius 2 is 2.03 bits per heavy atom. The summed E-state index contributed by atoms with van der Waals surface area (Å²) in [5, 5.41) is 3.62. The van der Waals surface area contributed by atoms with E-state index in [9.17, 15) is 14.4 Å². The number of likely N-dealkylation sites (tertiary alicyclic amines) is 1. The first-order valence-electron chi connectivity index (χ1n) is 11.0. The Hall–Kier alpha value is -3.85. The average Bonchev–Trinajstić information content (AvgIpc) is 3.25. The molecule has 2 amide bonds. The lowest BCUT2D eigenvalue weighted by Crippen LogP contribution is -2.46. The predicted octanol–water partition coefficient (Wildman–Crippen LogP) is 5.78. The molecule has 0 spiro atoms. The number of anilines is 1. The van der Waals surface area contributed by atoms with Gasteiger partial charge >= 0.3 is 12.2 Å². The lowest BCUT2D eigenvalue weighted by molar-refractivity contribution is -0.131.